The molecule has 2 heterocycles. The summed E-state index contributed by atoms with van der Waals surface area (Å²) in [5.41, 5.74) is 1.55. The van der Waals surface area contributed by atoms with E-state index in [2.05, 4.69) is 26.0 Å². The van der Waals surface area contributed by atoms with Crippen molar-refractivity contribution in [2.24, 2.45) is 0 Å². The molecule has 17 heavy (non-hydrogen) atoms. The molecule has 2 aromatic rings. The van der Waals surface area contributed by atoms with E-state index in [1.165, 1.54) is 0 Å². The minimum absolute atomic E-state index is 0.714. The Bertz CT molecular complexity index is 505. The first kappa shape index (κ1) is 12.3. The highest BCUT2D eigenvalue weighted by atomic mass is 79.9. The number of nitrogens with zero attached hydrogens (tertiary/aromatic N) is 4. The van der Waals surface area contributed by atoms with E-state index in [0.29, 0.717) is 0 Å². The van der Waals surface area contributed by atoms with Crippen LogP contribution in [-0.2, 0) is 13.1 Å². The molecular weight excluding hydrogens is 284 g/mol. The van der Waals surface area contributed by atoms with Gasteiger partial charge in [0.15, 0.2) is 0 Å². The number of aliphatic hydroxyl groups excluding tert-OH is 1. The van der Waals surface area contributed by atoms with E-state index < -0.39 is 6.10 Å². The number of imidazole rings is 1. The maximum atomic E-state index is 10.4. The molecule has 0 amide bonds. The molecule has 0 aromatic carbocycles. The van der Waals surface area contributed by atoms with Crippen molar-refractivity contribution < 1.29 is 5.11 Å². The fraction of sp³-hybridized carbons (Fsp3) is 0.455. The number of aromatic nitrogens is 4. The lowest BCUT2D eigenvalue weighted by Crippen LogP contribution is -2.13. The Kier molecular flexibility index (Phi) is 3.63. The van der Waals surface area contributed by atoms with Crippen LogP contribution in [0.4, 0.5) is 0 Å². The molecule has 0 spiro atoms. The number of halogens is 1. The van der Waals surface area contributed by atoms with Crippen LogP contribution in [0.2, 0.25) is 0 Å². The molecule has 0 aliphatic heterocycles. The summed E-state index contributed by atoms with van der Waals surface area (Å²) in [6.45, 7) is 5.51. The monoisotopic (exact) mass is 298 g/mol. The van der Waals surface area contributed by atoms with Gasteiger partial charge in [-0.25, -0.2) is 4.98 Å². The quantitative estimate of drug-likeness (QED) is 0.939. The highest BCUT2D eigenvalue weighted by molar-refractivity contribution is 9.10. The second kappa shape index (κ2) is 5.01. The molecule has 92 valence electrons. The van der Waals surface area contributed by atoms with Crippen molar-refractivity contribution in [3.8, 4) is 0 Å². The maximum Gasteiger partial charge on any atom is 0.138 e. The van der Waals surface area contributed by atoms with Gasteiger partial charge in [0.1, 0.15) is 6.10 Å². The van der Waals surface area contributed by atoms with Crippen LogP contribution in [-0.4, -0.2) is 24.4 Å². The topological polar surface area (TPSA) is 55.9 Å². The zero-order chi connectivity index (χ0) is 12.4. The van der Waals surface area contributed by atoms with Crippen LogP contribution < -0.4 is 0 Å². The normalized spacial score (nSPS) is 12.9. The van der Waals surface area contributed by atoms with Gasteiger partial charge in [-0.15, -0.1) is 0 Å². The summed E-state index contributed by atoms with van der Waals surface area (Å²) in [5, 5.41) is 14.6. The molecule has 6 heteroatoms. The maximum absolute atomic E-state index is 10.4. The number of aliphatic hydroxyl groups is 1. The van der Waals surface area contributed by atoms with Crippen LogP contribution in [0.15, 0.2) is 23.2 Å². The number of hydrogen-bond donors (Lipinski definition) is 1. The summed E-state index contributed by atoms with van der Waals surface area (Å²) in [6.07, 6.45) is 4.40. The number of aryl methyl sites for hydroxylation is 2. The van der Waals surface area contributed by atoms with E-state index in [0.717, 1.165) is 29.0 Å². The average Bonchev–Trinajstić information content (AvgIpc) is 2.93. The van der Waals surface area contributed by atoms with Gasteiger partial charge in [0.05, 0.1) is 34.6 Å². The van der Waals surface area contributed by atoms with Crippen molar-refractivity contribution in [1.29, 1.82) is 0 Å². The van der Waals surface area contributed by atoms with Crippen molar-refractivity contribution in [3.05, 3.63) is 34.6 Å². The summed E-state index contributed by atoms with van der Waals surface area (Å²) in [5.74, 6) is 0. The molecular formula is C11H15BrN4O. The highest BCUT2D eigenvalue weighted by Crippen LogP contribution is 2.28. The third-order valence-electron chi connectivity index (χ3n) is 2.76. The van der Waals surface area contributed by atoms with Gasteiger partial charge < -0.3 is 9.67 Å². The molecule has 0 aliphatic rings. The summed E-state index contributed by atoms with van der Waals surface area (Å²) >= 11 is 3.42. The van der Waals surface area contributed by atoms with E-state index in [-0.39, 0.29) is 0 Å². The van der Waals surface area contributed by atoms with E-state index in [1.807, 2.05) is 18.4 Å². The molecule has 0 saturated heterocycles. The molecule has 1 N–H and O–H groups in total. The van der Waals surface area contributed by atoms with E-state index in [4.69, 9.17) is 0 Å². The molecule has 0 bridgehead atoms. The Balaban J connectivity index is 2.43. The largest absolute Gasteiger partial charge is 0.380 e. The van der Waals surface area contributed by atoms with Gasteiger partial charge in [-0.05, 0) is 29.8 Å². The van der Waals surface area contributed by atoms with Crippen LogP contribution in [0, 0.1) is 0 Å². The Labute approximate surface area is 108 Å². The smallest absolute Gasteiger partial charge is 0.138 e. The number of hydrogen-bond acceptors (Lipinski definition) is 3. The second-order valence-electron chi connectivity index (χ2n) is 3.70. The molecule has 2 rings (SSSR count). The van der Waals surface area contributed by atoms with Crippen molar-refractivity contribution in [2.45, 2.75) is 33.0 Å². The third kappa shape index (κ3) is 2.14. The molecule has 1 unspecified atom stereocenters. The second-order valence-corrected chi connectivity index (χ2v) is 4.55. The predicted molar refractivity (Wildman–Crippen MR) is 67.6 cm³/mol. The standard InChI is InChI=1S/C11H15BrN4O/c1-3-15-7-13-6-9(15)11(17)10-8(12)5-14-16(10)4-2/h5-7,11,17H,3-4H2,1-2H3. The summed E-state index contributed by atoms with van der Waals surface area (Å²) in [4.78, 5) is 4.07. The van der Waals surface area contributed by atoms with Gasteiger partial charge in [0.2, 0.25) is 0 Å². The summed E-state index contributed by atoms with van der Waals surface area (Å²) in [6, 6.07) is 0. The van der Waals surface area contributed by atoms with Crippen LogP contribution in [0.25, 0.3) is 0 Å². The SMILES string of the molecule is CCn1cncc1C(O)c1c(Br)cnn1CC. The van der Waals surface area contributed by atoms with Gasteiger partial charge in [-0.2, -0.15) is 5.10 Å². The fourth-order valence-corrected chi connectivity index (χ4v) is 2.37. The summed E-state index contributed by atoms with van der Waals surface area (Å²) < 4.78 is 4.52. The van der Waals surface area contributed by atoms with E-state index >= 15 is 0 Å². The number of rotatable bonds is 4. The fourth-order valence-electron chi connectivity index (χ4n) is 1.86. The molecule has 1 atom stereocenters. The van der Waals surface area contributed by atoms with Crippen molar-refractivity contribution >= 4 is 15.9 Å². The Morgan fingerprint density at radius 1 is 1.35 bits per heavy atom. The first-order valence-corrected chi connectivity index (χ1v) is 6.37. The lowest BCUT2D eigenvalue weighted by atomic mass is 10.2. The summed E-state index contributed by atoms with van der Waals surface area (Å²) in [7, 11) is 0. The third-order valence-corrected chi connectivity index (χ3v) is 3.37. The zero-order valence-corrected chi connectivity index (χ0v) is 11.4. The predicted octanol–water partition coefficient (Wildman–Crippen LogP) is 1.96. The van der Waals surface area contributed by atoms with Crippen molar-refractivity contribution in [2.75, 3.05) is 0 Å². The first-order valence-electron chi connectivity index (χ1n) is 5.58. The van der Waals surface area contributed by atoms with Crippen LogP contribution in [0.5, 0.6) is 0 Å². The van der Waals surface area contributed by atoms with Crippen LogP contribution in [0.3, 0.4) is 0 Å². The lowest BCUT2D eigenvalue weighted by Gasteiger charge is -2.14. The van der Waals surface area contributed by atoms with Gasteiger partial charge in [-0.1, -0.05) is 0 Å². The highest BCUT2D eigenvalue weighted by Gasteiger charge is 2.21. The minimum atomic E-state index is -0.714. The minimum Gasteiger partial charge on any atom is -0.380 e. The Morgan fingerprint density at radius 3 is 2.76 bits per heavy atom. The average molecular weight is 299 g/mol. The van der Waals surface area contributed by atoms with E-state index in [1.54, 1.807) is 23.4 Å². The molecule has 5 nitrogen and oxygen atoms in total. The van der Waals surface area contributed by atoms with Crippen LogP contribution >= 0.6 is 15.9 Å². The van der Waals surface area contributed by atoms with Crippen molar-refractivity contribution in [1.82, 2.24) is 19.3 Å². The molecule has 0 saturated carbocycles. The first-order chi connectivity index (χ1) is 8.19. The van der Waals surface area contributed by atoms with Gasteiger partial charge >= 0.3 is 0 Å². The molecule has 0 aliphatic carbocycles. The molecule has 2 aromatic heterocycles. The molecule has 0 radical (unpaired) electrons. The Morgan fingerprint density at radius 2 is 2.12 bits per heavy atom. The van der Waals surface area contributed by atoms with Gasteiger partial charge in [0, 0.05) is 13.1 Å². The van der Waals surface area contributed by atoms with E-state index in [9.17, 15) is 5.11 Å². The van der Waals surface area contributed by atoms with Crippen LogP contribution in [0.1, 0.15) is 31.3 Å². The van der Waals surface area contributed by atoms with Crippen molar-refractivity contribution in [3.63, 3.8) is 0 Å². The lowest BCUT2D eigenvalue weighted by molar-refractivity contribution is 0.197. The van der Waals surface area contributed by atoms with Gasteiger partial charge in [0.25, 0.3) is 0 Å². The molecule has 0 fully saturated rings. The van der Waals surface area contributed by atoms with Gasteiger partial charge in [-0.3, -0.25) is 4.68 Å². The Hall–Kier alpha value is -1.14. The zero-order valence-electron chi connectivity index (χ0n) is 9.84.